The molecule has 0 bridgehead atoms. The van der Waals surface area contributed by atoms with Gasteiger partial charge in [-0.2, -0.15) is 0 Å². The van der Waals surface area contributed by atoms with E-state index in [4.69, 9.17) is 0 Å². The van der Waals surface area contributed by atoms with Crippen LogP contribution in [0.25, 0.3) is 6.08 Å². The van der Waals surface area contributed by atoms with Crippen molar-refractivity contribution in [3.8, 4) is 17.2 Å². The Kier molecular flexibility index (Phi) is 3.52. The Hall–Kier alpha value is -2.75. The summed E-state index contributed by atoms with van der Waals surface area (Å²) in [5, 5.41) is 28.1. The molecule has 0 aliphatic rings. The van der Waals surface area contributed by atoms with Crippen molar-refractivity contribution in [1.82, 2.24) is 0 Å². The molecule has 0 amide bonds. The van der Waals surface area contributed by atoms with Gasteiger partial charge in [0.05, 0.1) is 5.56 Å². The topological polar surface area (TPSA) is 77.8 Å². The first-order valence-electron chi connectivity index (χ1n) is 5.60. The van der Waals surface area contributed by atoms with E-state index in [1.165, 1.54) is 42.5 Å². The minimum atomic E-state index is -0.434. The minimum absolute atomic E-state index is 0.0244. The standard InChI is InChI=1S/C15H12O4/c16-11-3-1-2-10(8-11)4-6-14(18)13-9-12(17)5-7-15(13)19/h1-9,16-17,19H/b6-4+. The molecule has 0 spiro atoms. The van der Waals surface area contributed by atoms with Crippen LogP contribution in [0.5, 0.6) is 17.2 Å². The van der Waals surface area contributed by atoms with Crippen LogP contribution in [0.4, 0.5) is 0 Å². The first kappa shape index (κ1) is 12.7. The van der Waals surface area contributed by atoms with E-state index in [2.05, 4.69) is 0 Å². The molecule has 0 heterocycles. The lowest BCUT2D eigenvalue weighted by molar-refractivity contribution is 0.104. The van der Waals surface area contributed by atoms with Gasteiger partial charge in [-0.05, 0) is 42.0 Å². The van der Waals surface area contributed by atoms with E-state index in [1.807, 2.05) is 0 Å². The molecule has 0 atom stereocenters. The van der Waals surface area contributed by atoms with Crippen molar-refractivity contribution >= 4 is 11.9 Å². The summed E-state index contributed by atoms with van der Waals surface area (Å²) in [6.07, 6.45) is 2.79. The van der Waals surface area contributed by atoms with Gasteiger partial charge < -0.3 is 15.3 Å². The predicted octanol–water partition coefficient (Wildman–Crippen LogP) is 2.70. The summed E-state index contributed by atoms with van der Waals surface area (Å²) in [4.78, 5) is 11.9. The van der Waals surface area contributed by atoms with Gasteiger partial charge in [0.2, 0.25) is 0 Å². The predicted molar refractivity (Wildman–Crippen MR) is 71.2 cm³/mol. The second kappa shape index (κ2) is 5.27. The molecule has 0 unspecified atom stereocenters. The molecule has 0 aromatic heterocycles. The first-order valence-corrected chi connectivity index (χ1v) is 5.60. The number of hydrogen-bond acceptors (Lipinski definition) is 4. The maximum Gasteiger partial charge on any atom is 0.189 e. The highest BCUT2D eigenvalue weighted by Gasteiger charge is 2.08. The van der Waals surface area contributed by atoms with Crippen molar-refractivity contribution in [1.29, 1.82) is 0 Å². The highest BCUT2D eigenvalue weighted by atomic mass is 16.3. The molecular formula is C15H12O4. The number of hydrogen-bond donors (Lipinski definition) is 3. The molecule has 4 heteroatoms. The Morgan fingerprint density at radius 1 is 0.947 bits per heavy atom. The second-order valence-electron chi connectivity index (χ2n) is 3.99. The lowest BCUT2D eigenvalue weighted by atomic mass is 10.1. The van der Waals surface area contributed by atoms with Crippen molar-refractivity contribution < 1.29 is 20.1 Å². The Labute approximate surface area is 109 Å². The summed E-state index contributed by atoms with van der Waals surface area (Å²) in [7, 11) is 0. The Bertz CT molecular complexity index is 644. The van der Waals surface area contributed by atoms with Crippen LogP contribution < -0.4 is 0 Å². The van der Waals surface area contributed by atoms with Crippen LogP contribution in [0.15, 0.2) is 48.5 Å². The summed E-state index contributed by atoms with van der Waals surface area (Å²) in [5.41, 5.74) is 0.685. The fraction of sp³-hybridized carbons (Fsp3) is 0. The van der Waals surface area contributed by atoms with Gasteiger partial charge in [0.25, 0.3) is 0 Å². The summed E-state index contributed by atoms with van der Waals surface area (Å²) < 4.78 is 0. The largest absolute Gasteiger partial charge is 0.508 e. The normalized spacial score (nSPS) is 10.7. The maximum atomic E-state index is 11.9. The summed E-state index contributed by atoms with van der Waals surface area (Å²) >= 11 is 0. The number of carbonyl (C=O) groups is 1. The van der Waals surface area contributed by atoms with Crippen LogP contribution in [0.1, 0.15) is 15.9 Å². The molecule has 96 valence electrons. The van der Waals surface area contributed by atoms with E-state index >= 15 is 0 Å². The highest BCUT2D eigenvalue weighted by Crippen LogP contribution is 2.23. The molecule has 0 fully saturated rings. The molecule has 3 N–H and O–H groups in total. The maximum absolute atomic E-state index is 11.9. The van der Waals surface area contributed by atoms with Crippen LogP contribution in [-0.4, -0.2) is 21.1 Å². The zero-order valence-corrected chi connectivity index (χ0v) is 9.95. The van der Waals surface area contributed by atoms with E-state index in [0.29, 0.717) is 5.56 Å². The number of rotatable bonds is 3. The van der Waals surface area contributed by atoms with E-state index in [1.54, 1.807) is 12.1 Å². The summed E-state index contributed by atoms with van der Waals surface area (Å²) in [6, 6.07) is 10.2. The molecular weight excluding hydrogens is 244 g/mol. The second-order valence-corrected chi connectivity index (χ2v) is 3.99. The third-order valence-electron chi connectivity index (χ3n) is 2.54. The zero-order valence-electron chi connectivity index (χ0n) is 9.95. The van der Waals surface area contributed by atoms with Gasteiger partial charge in [0.15, 0.2) is 5.78 Å². The third kappa shape index (κ3) is 3.13. The molecule has 2 aromatic carbocycles. The number of aromatic hydroxyl groups is 3. The SMILES string of the molecule is O=C(/C=C/c1cccc(O)c1)c1cc(O)ccc1O. The third-order valence-corrected chi connectivity index (χ3v) is 2.54. The van der Waals surface area contributed by atoms with Crippen molar-refractivity contribution in [3.63, 3.8) is 0 Å². The van der Waals surface area contributed by atoms with Gasteiger partial charge in [-0.3, -0.25) is 4.79 Å². The van der Waals surface area contributed by atoms with Crippen molar-refractivity contribution in [3.05, 3.63) is 59.7 Å². The summed E-state index contributed by atoms with van der Waals surface area (Å²) in [6.45, 7) is 0. The quantitative estimate of drug-likeness (QED) is 0.448. The Balaban J connectivity index is 2.23. The first-order chi connectivity index (χ1) is 9.06. The van der Waals surface area contributed by atoms with Crippen molar-refractivity contribution in [2.75, 3.05) is 0 Å². The van der Waals surface area contributed by atoms with Crippen LogP contribution in [0.2, 0.25) is 0 Å². The lowest BCUT2D eigenvalue weighted by Gasteiger charge is -2.01. The number of carbonyl (C=O) groups excluding carboxylic acids is 1. The van der Waals surface area contributed by atoms with Gasteiger partial charge in [0.1, 0.15) is 17.2 Å². The van der Waals surface area contributed by atoms with E-state index in [0.717, 1.165) is 0 Å². The number of allylic oxidation sites excluding steroid dienone is 1. The monoisotopic (exact) mass is 256 g/mol. The fourth-order valence-corrected chi connectivity index (χ4v) is 1.61. The molecule has 4 nitrogen and oxygen atoms in total. The van der Waals surface area contributed by atoms with Crippen LogP contribution in [0, 0.1) is 0 Å². The van der Waals surface area contributed by atoms with Crippen LogP contribution in [-0.2, 0) is 0 Å². The van der Waals surface area contributed by atoms with Crippen molar-refractivity contribution in [2.45, 2.75) is 0 Å². The molecule has 0 aliphatic carbocycles. The highest BCUT2D eigenvalue weighted by molar-refractivity contribution is 6.08. The molecule has 2 rings (SSSR count). The number of phenolic OH excluding ortho intramolecular Hbond substituents is 3. The van der Waals surface area contributed by atoms with Crippen LogP contribution >= 0.6 is 0 Å². The van der Waals surface area contributed by atoms with Crippen LogP contribution in [0.3, 0.4) is 0 Å². The van der Waals surface area contributed by atoms with Gasteiger partial charge >= 0.3 is 0 Å². The Morgan fingerprint density at radius 3 is 2.42 bits per heavy atom. The van der Waals surface area contributed by atoms with Gasteiger partial charge in [-0.25, -0.2) is 0 Å². The average Bonchev–Trinajstić information content (AvgIpc) is 2.39. The summed E-state index contributed by atoms with van der Waals surface area (Å²) in [5.74, 6) is -0.609. The molecule has 19 heavy (non-hydrogen) atoms. The van der Waals surface area contributed by atoms with Gasteiger partial charge in [-0.1, -0.05) is 18.2 Å². The smallest absolute Gasteiger partial charge is 0.189 e. The molecule has 0 saturated carbocycles. The molecule has 0 radical (unpaired) electrons. The van der Waals surface area contributed by atoms with E-state index in [9.17, 15) is 20.1 Å². The number of phenols is 3. The molecule has 2 aromatic rings. The van der Waals surface area contributed by atoms with Crippen molar-refractivity contribution in [2.24, 2.45) is 0 Å². The van der Waals surface area contributed by atoms with Gasteiger partial charge in [-0.15, -0.1) is 0 Å². The van der Waals surface area contributed by atoms with Gasteiger partial charge in [0, 0.05) is 0 Å². The van der Waals surface area contributed by atoms with E-state index in [-0.39, 0.29) is 22.8 Å². The van der Waals surface area contributed by atoms with E-state index < -0.39 is 5.78 Å². The molecule has 0 saturated heterocycles. The zero-order chi connectivity index (χ0) is 13.8. The number of ketones is 1. The molecule has 0 aliphatic heterocycles. The Morgan fingerprint density at radius 2 is 1.68 bits per heavy atom. The number of benzene rings is 2. The minimum Gasteiger partial charge on any atom is -0.508 e. The fourth-order valence-electron chi connectivity index (χ4n) is 1.61. The lowest BCUT2D eigenvalue weighted by Crippen LogP contribution is -1.94. The average molecular weight is 256 g/mol.